The molecule has 1 fully saturated rings. The second kappa shape index (κ2) is 6.57. The van der Waals surface area contributed by atoms with Crippen LogP contribution in [0.4, 0.5) is 0 Å². The van der Waals surface area contributed by atoms with Crippen molar-refractivity contribution in [3.8, 4) is 5.75 Å². The van der Waals surface area contributed by atoms with Crippen molar-refractivity contribution in [2.75, 3.05) is 26.2 Å². The summed E-state index contributed by atoms with van der Waals surface area (Å²) in [4.78, 5) is 12.8. The summed E-state index contributed by atoms with van der Waals surface area (Å²) in [6.45, 7) is 4.19. The first kappa shape index (κ1) is 13.9. The van der Waals surface area contributed by atoms with Gasteiger partial charge in [-0.15, -0.1) is 0 Å². The van der Waals surface area contributed by atoms with Gasteiger partial charge < -0.3 is 9.84 Å². The van der Waals surface area contributed by atoms with Crippen molar-refractivity contribution in [3.05, 3.63) is 29.8 Å². The third-order valence-electron chi connectivity index (χ3n) is 3.33. The molecule has 2 rings (SSSR count). The van der Waals surface area contributed by atoms with Crippen LogP contribution in [0.5, 0.6) is 5.75 Å². The van der Waals surface area contributed by atoms with Gasteiger partial charge in [-0.1, -0.05) is 18.2 Å². The van der Waals surface area contributed by atoms with E-state index in [2.05, 4.69) is 0 Å². The van der Waals surface area contributed by atoms with Gasteiger partial charge in [-0.05, 0) is 37.3 Å². The van der Waals surface area contributed by atoms with Gasteiger partial charge in [-0.2, -0.15) is 0 Å². The lowest BCUT2D eigenvalue weighted by molar-refractivity contribution is -0.138. The Morgan fingerprint density at radius 3 is 2.79 bits per heavy atom. The lowest BCUT2D eigenvalue weighted by Crippen LogP contribution is -2.35. The number of para-hydroxylation sites is 1. The maximum atomic E-state index is 10.8. The minimum Gasteiger partial charge on any atom is -0.492 e. The zero-order chi connectivity index (χ0) is 13.7. The fourth-order valence-corrected chi connectivity index (χ4v) is 2.09. The Kier molecular flexibility index (Phi) is 4.80. The monoisotopic (exact) mass is 263 g/mol. The number of nitrogens with zero attached hydrogens (tertiary/aromatic N) is 1. The molecule has 0 amide bonds. The first-order valence-corrected chi connectivity index (χ1v) is 6.77. The van der Waals surface area contributed by atoms with Crippen molar-refractivity contribution in [1.29, 1.82) is 0 Å². The topological polar surface area (TPSA) is 49.8 Å². The Morgan fingerprint density at radius 1 is 1.42 bits per heavy atom. The number of hydrogen-bond donors (Lipinski definition) is 1. The van der Waals surface area contributed by atoms with E-state index in [1.807, 2.05) is 36.1 Å². The lowest BCUT2D eigenvalue weighted by atomic mass is 10.2. The molecule has 0 saturated heterocycles. The minimum atomic E-state index is -0.767. The molecular weight excluding hydrogens is 242 g/mol. The largest absolute Gasteiger partial charge is 0.492 e. The van der Waals surface area contributed by atoms with Gasteiger partial charge in [-0.25, -0.2) is 0 Å². The molecule has 1 aliphatic carbocycles. The predicted molar refractivity (Wildman–Crippen MR) is 73.5 cm³/mol. The standard InChI is InChI=1S/C15H21NO3/c1-12-4-2-3-5-14(12)19-9-8-16(11-15(17)18)10-13-6-7-13/h2-5,13H,6-11H2,1H3,(H,17,18). The number of carboxylic acid groups (broad SMARTS) is 1. The van der Waals surface area contributed by atoms with E-state index < -0.39 is 5.97 Å². The number of ether oxygens (including phenoxy) is 1. The number of aliphatic carboxylic acids is 1. The molecule has 4 nitrogen and oxygen atoms in total. The molecule has 0 radical (unpaired) electrons. The van der Waals surface area contributed by atoms with Crippen LogP contribution in [0.15, 0.2) is 24.3 Å². The summed E-state index contributed by atoms with van der Waals surface area (Å²) in [5.41, 5.74) is 1.11. The van der Waals surface area contributed by atoms with E-state index >= 15 is 0 Å². The van der Waals surface area contributed by atoms with Crippen molar-refractivity contribution >= 4 is 5.97 Å². The second-order valence-corrected chi connectivity index (χ2v) is 5.19. The molecule has 0 spiro atoms. The number of aryl methyl sites for hydroxylation is 1. The molecule has 1 aliphatic rings. The fourth-order valence-electron chi connectivity index (χ4n) is 2.09. The SMILES string of the molecule is Cc1ccccc1OCCN(CC(=O)O)CC1CC1. The van der Waals surface area contributed by atoms with E-state index in [9.17, 15) is 4.79 Å². The Labute approximate surface area is 114 Å². The number of hydrogen-bond acceptors (Lipinski definition) is 3. The average molecular weight is 263 g/mol. The second-order valence-electron chi connectivity index (χ2n) is 5.19. The molecule has 0 unspecified atom stereocenters. The van der Waals surface area contributed by atoms with E-state index in [1.165, 1.54) is 12.8 Å². The first-order valence-electron chi connectivity index (χ1n) is 6.77. The van der Waals surface area contributed by atoms with Gasteiger partial charge in [-0.3, -0.25) is 9.69 Å². The third kappa shape index (κ3) is 4.91. The number of benzene rings is 1. The molecule has 0 atom stereocenters. The minimum absolute atomic E-state index is 0.105. The van der Waals surface area contributed by atoms with Crippen molar-refractivity contribution in [1.82, 2.24) is 4.90 Å². The van der Waals surface area contributed by atoms with Crippen LogP contribution in [-0.2, 0) is 4.79 Å². The normalized spacial score (nSPS) is 14.6. The van der Waals surface area contributed by atoms with Crippen LogP contribution in [0.1, 0.15) is 18.4 Å². The quantitative estimate of drug-likeness (QED) is 0.781. The van der Waals surface area contributed by atoms with Gasteiger partial charge in [0.1, 0.15) is 12.4 Å². The molecule has 1 saturated carbocycles. The van der Waals surface area contributed by atoms with Crippen molar-refractivity contribution in [3.63, 3.8) is 0 Å². The van der Waals surface area contributed by atoms with Gasteiger partial charge in [0, 0.05) is 13.1 Å². The molecule has 0 aromatic heterocycles. The zero-order valence-electron chi connectivity index (χ0n) is 11.3. The highest BCUT2D eigenvalue weighted by atomic mass is 16.5. The van der Waals surface area contributed by atoms with Gasteiger partial charge in [0.25, 0.3) is 0 Å². The molecular formula is C15H21NO3. The average Bonchev–Trinajstić information content (AvgIpc) is 3.14. The summed E-state index contributed by atoms with van der Waals surface area (Å²) in [6.07, 6.45) is 2.46. The highest BCUT2D eigenvalue weighted by molar-refractivity contribution is 5.69. The molecule has 0 aliphatic heterocycles. The van der Waals surface area contributed by atoms with E-state index in [0.717, 1.165) is 17.9 Å². The molecule has 1 aromatic rings. The summed E-state index contributed by atoms with van der Waals surface area (Å²) < 4.78 is 5.72. The van der Waals surface area contributed by atoms with Gasteiger partial charge in [0.05, 0.1) is 6.54 Å². The summed E-state index contributed by atoms with van der Waals surface area (Å²) in [5.74, 6) is 0.804. The molecule has 1 aromatic carbocycles. The van der Waals surface area contributed by atoms with Crippen LogP contribution in [-0.4, -0.2) is 42.2 Å². The van der Waals surface area contributed by atoms with Crippen LogP contribution < -0.4 is 4.74 Å². The van der Waals surface area contributed by atoms with Crippen LogP contribution in [0.2, 0.25) is 0 Å². The van der Waals surface area contributed by atoms with E-state index in [0.29, 0.717) is 19.1 Å². The number of carboxylic acids is 1. The van der Waals surface area contributed by atoms with E-state index in [4.69, 9.17) is 9.84 Å². The summed E-state index contributed by atoms with van der Waals surface area (Å²) in [6, 6.07) is 7.87. The van der Waals surface area contributed by atoms with Gasteiger partial charge in [0.2, 0.25) is 0 Å². The smallest absolute Gasteiger partial charge is 0.317 e. The number of carbonyl (C=O) groups is 1. The Balaban J connectivity index is 1.77. The molecule has 19 heavy (non-hydrogen) atoms. The number of rotatable bonds is 8. The highest BCUT2D eigenvalue weighted by Crippen LogP contribution is 2.29. The third-order valence-corrected chi connectivity index (χ3v) is 3.33. The Bertz CT molecular complexity index is 429. The van der Waals surface area contributed by atoms with Crippen molar-refractivity contribution < 1.29 is 14.6 Å². The first-order chi connectivity index (χ1) is 9.15. The molecule has 1 N–H and O–H groups in total. The van der Waals surface area contributed by atoms with E-state index in [-0.39, 0.29) is 6.54 Å². The van der Waals surface area contributed by atoms with Crippen molar-refractivity contribution in [2.24, 2.45) is 5.92 Å². The van der Waals surface area contributed by atoms with Crippen LogP contribution in [0.3, 0.4) is 0 Å². The Hall–Kier alpha value is -1.55. The lowest BCUT2D eigenvalue weighted by Gasteiger charge is -2.20. The Morgan fingerprint density at radius 2 is 2.16 bits per heavy atom. The summed E-state index contributed by atoms with van der Waals surface area (Å²) in [5, 5.41) is 8.90. The highest BCUT2D eigenvalue weighted by Gasteiger charge is 2.25. The molecule has 0 bridgehead atoms. The van der Waals surface area contributed by atoms with Crippen molar-refractivity contribution in [2.45, 2.75) is 19.8 Å². The maximum absolute atomic E-state index is 10.8. The predicted octanol–water partition coefficient (Wildman–Crippen LogP) is 2.17. The maximum Gasteiger partial charge on any atom is 0.317 e. The molecule has 0 heterocycles. The summed E-state index contributed by atoms with van der Waals surface area (Å²) in [7, 11) is 0. The summed E-state index contributed by atoms with van der Waals surface area (Å²) >= 11 is 0. The van der Waals surface area contributed by atoms with Crippen LogP contribution in [0.25, 0.3) is 0 Å². The van der Waals surface area contributed by atoms with Gasteiger partial charge >= 0.3 is 5.97 Å². The van der Waals surface area contributed by atoms with Crippen LogP contribution >= 0.6 is 0 Å². The van der Waals surface area contributed by atoms with Gasteiger partial charge in [0.15, 0.2) is 0 Å². The van der Waals surface area contributed by atoms with Crippen LogP contribution in [0, 0.1) is 12.8 Å². The molecule has 104 valence electrons. The fraction of sp³-hybridized carbons (Fsp3) is 0.533. The zero-order valence-corrected chi connectivity index (χ0v) is 11.3. The molecule has 4 heteroatoms. The van der Waals surface area contributed by atoms with E-state index in [1.54, 1.807) is 0 Å².